The molecule has 0 aromatic rings. The van der Waals surface area contributed by atoms with Crippen molar-refractivity contribution in [1.82, 2.24) is 21.3 Å². The third kappa shape index (κ3) is 12.7. The third-order valence-corrected chi connectivity index (χ3v) is 4.93. The second-order valence-electron chi connectivity index (χ2n) is 7.12. The molecule has 0 radical (unpaired) electrons. The molecule has 0 bridgehead atoms. The van der Waals surface area contributed by atoms with Crippen molar-refractivity contribution >= 4 is 53.6 Å². The summed E-state index contributed by atoms with van der Waals surface area (Å²) >= 11 is 1.35. The summed E-state index contributed by atoms with van der Waals surface area (Å²) in [6, 6.07) is -5.35. The molecule has 0 fully saturated rings. The van der Waals surface area contributed by atoms with Gasteiger partial charge >= 0.3 is 11.9 Å². The summed E-state index contributed by atoms with van der Waals surface area (Å²) in [5.41, 5.74) is 0. The van der Waals surface area contributed by atoms with Crippen LogP contribution in [-0.2, 0) is 33.6 Å². The van der Waals surface area contributed by atoms with E-state index in [-0.39, 0.29) is 19.1 Å². The van der Waals surface area contributed by atoms with Gasteiger partial charge in [0.15, 0.2) is 0 Å². The van der Waals surface area contributed by atoms with Crippen LogP contribution in [-0.4, -0.2) is 100.0 Å². The summed E-state index contributed by atoms with van der Waals surface area (Å²) < 4.78 is 0. The largest absolute Gasteiger partial charge is 0.481 e. The Bertz CT molecular complexity index is 763. The Balaban J connectivity index is 5.34. The highest BCUT2D eigenvalue weighted by atomic mass is 32.2. The summed E-state index contributed by atoms with van der Waals surface area (Å²) in [5.74, 6) is -5.45. The average Bonchev–Trinajstić information content (AvgIpc) is 2.75. The lowest BCUT2D eigenvalue weighted by Gasteiger charge is -2.24. The van der Waals surface area contributed by atoms with E-state index in [1.54, 1.807) is 6.26 Å². The molecule has 0 spiro atoms. The fraction of sp³-hybridized carbons (Fsp3) is 0.632. The van der Waals surface area contributed by atoms with Gasteiger partial charge in [-0.1, -0.05) is 0 Å². The van der Waals surface area contributed by atoms with E-state index < -0.39 is 79.2 Å². The number of thioether (sulfide) groups is 1. The molecule has 0 aliphatic rings. The molecule has 0 aliphatic heterocycles. The number of carboxylic acids is 2. The molecule has 0 aromatic heterocycles. The summed E-state index contributed by atoms with van der Waals surface area (Å²) in [6.45, 7) is 0.235. The molecule has 4 atom stereocenters. The Morgan fingerprint density at radius 1 is 0.824 bits per heavy atom. The van der Waals surface area contributed by atoms with Gasteiger partial charge in [0.25, 0.3) is 0 Å². The number of aliphatic carboxylic acids is 2. The minimum absolute atomic E-state index is 0.0939. The smallest absolute Gasteiger partial charge is 0.305 e. The lowest BCUT2D eigenvalue weighted by molar-refractivity contribution is -0.139. The highest BCUT2D eigenvalue weighted by molar-refractivity contribution is 7.98. The van der Waals surface area contributed by atoms with Gasteiger partial charge in [-0.3, -0.25) is 28.8 Å². The summed E-state index contributed by atoms with van der Waals surface area (Å²) in [5, 5.41) is 36.2. The number of carbonyl (C=O) groups is 7. The molecule has 34 heavy (non-hydrogen) atoms. The first-order chi connectivity index (χ1) is 15.9. The molecule has 0 unspecified atom stereocenters. The summed E-state index contributed by atoms with van der Waals surface area (Å²) in [6.07, 6.45) is 0.710. The van der Waals surface area contributed by atoms with E-state index in [9.17, 15) is 38.7 Å². The molecular weight excluding hydrogens is 476 g/mol. The second-order valence-corrected chi connectivity index (χ2v) is 8.11. The Kier molecular flexibility index (Phi) is 14.9. The van der Waals surface area contributed by atoms with Crippen molar-refractivity contribution in [2.75, 3.05) is 18.6 Å². The van der Waals surface area contributed by atoms with E-state index in [2.05, 4.69) is 21.3 Å². The lowest BCUT2D eigenvalue weighted by Crippen LogP contribution is -2.58. The first kappa shape index (κ1) is 30.8. The van der Waals surface area contributed by atoms with Crippen LogP contribution in [0.25, 0.3) is 0 Å². The molecule has 0 saturated carbocycles. The molecule has 14 nitrogen and oxygen atoms in total. The zero-order chi connectivity index (χ0) is 26.3. The van der Waals surface area contributed by atoms with Crippen LogP contribution in [0.15, 0.2) is 0 Å². The maximum Gasteiger partial charge on any atom is 0.305 e. The van der Waals surface area contributed by atoms with Crippen molar-refractivity contribution < 1.29 is 48.9 Å². The first-order valence-electron chi connectivity index (χ1n) is 10.1. The third-order valence-electron chi connectivity index (χ3n) is 4.29. The number of aliphatic hydroxyl groups is 1. The highest BCUT2D eigenvalue weighted by Crippen LogP contribution is 2.04. The van der Waals surface area contributed by atoms with Crippen LogP contribution in [0.1, 0.15) is 32.6 Å². The first-order valence-corrected chi connectivity index (χ1v) is 11.5. The van der Waals surface area contributed by atoms with Crippen LogP contribution in [0.2, 0.25) is 0 Å². The Morgan fingerprint density at radius 2 is 1.35 bits per heavy atom. The van der Waals surface area contributed by atoms with E-state index in [1.165, 1.54) is 11.8 Å². The number of hydrogen-bond donors (Lipinski definition) is 7. The van der Waals surface area contributed by atoms with E-state index in [0.717, 1.165) is 6.92 Å². The minimum atomic E-state index is -1.54. The zero-order valence-corrected chi connectivity index (χ0v) is 19.6. The maximum absolute atomic E-state index is 12.6. The van der Waals surface area contributed by atoms with Gasteiger partial charge in [-0.05, 0) is 24.9 Å². The number of carboxylic acid groups (broad SMARTS) is 2. The van der Waals surface area contributed by atoms with Gasteiger partial charge in [0.05, 0.1) is 19.1 Å². The second kappa shape index (κ2) is 16.4. The Labute approximate surface area is 199 Å². The number of nitrogens with one attached hydrogen (secondary N) is 4. The normalized spacial score (nSPS) is 14.0. The molecular formula is C19H30N4O10S. The predicted molar refractivity (Wildman–Crippen MR) is 119 cm³/mol. The number of hydrogen-bond acceptors (Lipinski definition) is 9. The molecule has 0 saturated heterocycles. The van der Waals surface area contributed by atoms with E-state index in [4.69, 9.17) is 10.2 Å². The lowest BCUT2D eigenvalue weighted by atomic mass is 10.1. The number of rotatable bonds is 17. The highest BCUT2D eigenvalue weighted by Gasteiger charge is 2.30. The van der Waals surface area contributed by atoms with Crippen LogP contribution in [0.5, 0.6) is 0 Å². The molecule has 0 heterocycles. The summed E-state index contributed by atoms with van der Waals surface area (Å²) in [4.78, 5) is 81.5. The van der Waals surface area contributed by atoms with Crippen molar-refractivity contribution in [3.05, 3.63) is 0 Å². The monoisotopic (exact) mass is 506 g/mol. The fourth-order valence-corrected chi connectivity index (χ4v) is 3.10. The van der Waals surface area contributed by atoms with Crippen LogP contribution in [0.4, 0.5) is 0 Å². The number of aliphatic hydroxyl groups excluding tert-OH is 1. The van der Waals surface area contributed by atoms with Gasteiger partial charge in [-0.25, -0.2) is 0 Å². The van der Waals surface area contributed by atoms with Crippen LogP contribution in [0, 0.1) is 0 Å². The van der Waals surface area contributed by atoms with Crippen molar-refractivity contribution in [1.29, 1.82) is 0 Å². The predicted octanol–water partition coefficient (Wildman–Crippen LogP) is -2.77. The quantitative estimate of drug-likeness (QED) is 0.0998. The van der Waals surface area contributed by atoms with Crippen LogP contribution < -0.4 is 21.3 Å². The molecule has 0 aromatic carbocycles. The fourth-order valence-electron chi connectivity index (χ4n) is 2.63. The van der Waals surface area contributed by atoms with Gasteiger partial charge in [-0.2, -0.15) is 11.8 Å². The van der Waals surface area contributed by atoms with Gasteiger partial charge < -0.3 is 41.4 Å². The molecule has 0 rings (SSSR count). The van der Waals surface area contributed by atoms with E-state index >= 15 is 0 Å². The number of aldehydes is 1. The van der Waals surface area contributed by atoms with Gasteiger partial charge in [0.2, 0.25) is 23.6 Å². The average molecular weight is 507 g/mol. The van der Waals surface area contributed by atoms with Crippen molar-refractivity contribution in [3.63, 3.8) is 0 Å². The molecule has 192 valence electrons. The Hall–Kier alpha value is -3.20. The van der Waals surface area contributed by atoms with Crippen molar-refractivity contribution in [3.8, 4) is 0 Å². The topological polar surface area (TPSA) is 228 Å². The summed E-state index contributed by atoms with van der Waals surface area (Å²) in [7, 11) is 0. The standard InChI is InChI=1S/C19H30N4O10S/c1-10(26)20-12(3-4-15(27)28)18(32)23-14(9-25)19(33)22-13(5-6-34-2)17(31)21-11(8-24)7-16(29)30/h8,11-14,25H,3-7,9H2,1-2H3,(H,20,26)(H,21,31)(H,22,33)(H,23,32)(H,27,28)(H,29,30)/t11-,12-,13-,14-/m0/s1. The van der Waals surface area contributed by atoms with Crippen molar-refractivity contribution in [2.24, 2.45) is 0 Å². The Morgan fingerprint density at radius 3 is 1.82 bits per heavy atom. The molecule has 7 N–H and O–H groups in total. The SMILES string of the molecule is CSCC[C@H](NC(=O)[C@H](CO)NC(=O)[C@H](CCC(=O)O)NC(C)=O)C(=O)N[C@H](C=O)CC(=O)O. The zero-order valence-electron chi connectivity index (χ0n) is 18.7. The number of amides is 4. The number of carbonyl (C=O) groups excluding carboxylic acids is 5. The van der Waals surface area contributed by atoms with E-state index in [0.29, 0.717) is 5.75 Å². The van der Waals surface area contributed by atoms with E-state index in [1.807, 2.05) is 0 Å². The molecule has 4 amide bonds. The molecule has 15 heteroatoms. The van der Waals surface area contributed by atoms with Crippen LogP contribution in [0.3, 0.4) is 0 Å². The van der Waals surface area contributed by atoms with Gasteiger partial charge in [-0.15, -0.1) is 0 Å². The van der Waals surface area contributed by atoms with Crippen LogP contribution >= 0.6 is 11.8 Å². The molecule has 0 aliphatic carbocycles. The minimum Gasteiger partial charge on any atom is -0.481 e. The maximum atomic E-state index is 12.6. The van der Waals surface area contributed by atoms with Gasteiger partial charge in [0.1, 0.15) is 24.4 Å². The van der Waals surface area contributed by atoms with Crippen molar-refractivity contribution in [2.45, 2.75) is 56.8 Å². The van der Waals surface area contributed by atoms with Gasteiger partial charge in [0, 0.05) is 13.3 Å².